The molecule has 0 amide bonds. The molecule has 1 atom stereocenters. The van der Waals surface area contributed by atoms with Crippen LogP contribution in [-0.4, -0.2) is 17.0 Å². The predicted octanol–water partition coefficient (Wildman–Crippen LogP) is 1.02. The third-order valence-corrected chi connectivity index (χ3v) is 1.41. The van der Waals surface area contributed by atoms with E-state index in [0.717, 1.165) is 12.8 Å². The van der Waals surface area contributed by atoms with Crippen molar-refractivity contribution in [2.45, 2.75) is 38.7 Å². The number of nitrogens with zero attached hydrogens (tertiary/aromatic N) is 1. The van der Waals surface area contributed by atoms with Crippen LogP contribution in [0, 0.1) is 11.3 Å². The van der Waals surface area contributed by atoms with Crippen LogP contribution in [0.15, 0.2) is 0 Å². The highest BCUT2D eigenvalue weighted by Crippen LogP contribution is 2.02. The molecule has 0 aliphatic carbocycles. The molecule has 0 aliphatic heterocycles. The summed E-state index contributed by atoms with van der Waals surface area (Å²) in [6.07, 6.45) is 1.69. The molecule has 0 aliphatic rings. The third kappa shape index (κ3) is 7.01. The summed E-state index contributed by atoms with van der Waals surface area (Å²) >= 11 is 0. The van der Waals surface area contributed by atoms with E-state index in [0.29, 0.717) is 12.8 Å². The highest BCUT2D eigenvalue weighted by Gasteiger charge is 2.00. The summed E-state index contributed by atoms with van der Waals surface area (Å²) in [5.74, 6) is 0.163. The monoisotopic (exact) mass is 155 g/mol. The van der Waals surface area contributed by atoms with Crippen LogP contribution in [0.1, 0.15) is 32.6 Å². The highest BCUT2D eigenvalue weighted by atomic mass is 16.3. The van der Waals surface area contributed by atoms with Gasteiger partial charge in [-0.3, -0.25) is 0 Å². The Morgan fingerprint density at radius 2 is 2.27 bits per heavy atom. The van der Waals surface area contributed by atoms with E-state index >= 15 is 0 Å². The Morgan fingerprint density at radius 1 is 1.64 bits per heavy atom. The van der Waals surface area contributed by atoms with Gasteiger partial charge in [-0.15, -0.1) is 0 Å². The van der Waals surface area contributed by atoms with Crippen molar-refractivity contribution in [3.05, 3.63) is 0 Å². The molecule has 3 nitrogen and oxygen atoms in total. The molecule has 0 saturated heterocycles. The Morgan fingerprint density at radius 3 is 2.73 bits per heavy atom. The zero-order chi connectivity index (χ0) is 8.69. The van der Waals surface area contributed by atoms with E-state index in [9.17, 15) is 4.79 Å². The number of carbonyl (C=O) groups is 1. The molecular weight excluding hydrogens is 142 g/mol. The molecular formula is C8H13NO2. The Hall–Kier alpha value is -0.880. The minimum absolute atomic E-state index is 0.163. The lowest BCUT2D eigenvalue weighted by Crippen LogP contribution is -2.02. The zero-order valence-corrected chi connectivity index (χ0v) is 6.71. The van der Waals surface area contributed by atoms with Gasteiger partial charge in [-0.1, -0.05) is 0 Å². The molecule has 0 bridgehead atoms. The summed E-state index contributed by atoms with van der Waals surface area (Å²) in [6.45, 7) is 1.54. The molecule has 0 aromatic heterocycles. The number of carbonyl (C=O) groups excluding carboxylic acids is 1. The van der Waals surface area contributed by atoms with Crippen LogP contribution in [0.25, 0.3) is 0 Å². The molecule has 11 heavy (non-hydrogen) atoms. The number of ketones is 1. The van der Waals surface area contributed by atoms with Crippen LogP contribution in [0.5, 0.6) is 0 Å². The molecule has 0 aromatic carbocycles. The van der Waals surface area contributed by atoms with E-state index in [4.69, 9.17) is 10.4 Å². The average Bonchev–Trinajstić information content (AvgIpc) is 1.97. The quantitative estimate of drug-likeness (QED) is 0.476. The van der Waals surface area contributed by atoms with Crippen molar-refractivity contribution in [1.82, 2.24) is 0 Å². The Labute approximate surface area is 66.6 Å². The number of Topliss-reactive ketones (excluding diaryl/α,β-unsaturated/α-hetero) is 1. The molecule has 3 heteroatoms. The first-order valence-corrected chi connectivity index (χ1v) is 3.74. The van der Waals surface area contributed by atoms with Gasteiger partial charge >= 0.3 is 0 Å². The van der Waals surface area contributed by atoms with Crippen LogP contribution in [0.3, 0.4) is 0 Å². The number of nitriles is 1. The molecule has 0 fully saturated rings. The molecule has 0 heterocycles. The number of unbranched alkanes of at least 4 members (excludes halogenated alkanes) is 1. The predicted molar refractivity (Wildman–Crippen MR) is 40.8 cm³/mol. The normalized spacial score (nSPS) is 12.1. The fraction of sp³-hybridized carbons (Fsp3) is 0.750. The van der Waals surface area contributed by atoms with Crippen LogP contribution in [0.2, 0.25) is 0 Å². The lowest BCUT2D eigenvalue weighted by molar-refractivity contribution is -0.117. The molecule has 0 aromatic rings. The van der Waals surface area contributed by atoms with Crippen LogP contribution >= 0.6 is 0 Å². The summed E-state index contributed by atoms with van der Waals surface area (Å²) in [4.78, 5) is 10.4. The number of hydrogen-bond acceptors (Lipinski definition) is 3. The first kappa shape index (κ1) is 10.1. The lowest BCUT2D eigenvalue weighted by atomic mass is 10.1. The van der Waals surface area contributed by atoms with E-state index in [-0.39, 0.29) is 5.78 Å². The first-order valence-electron chi connectivity index (χ1n) is 3.74. The third-order valence-electron chi connectivity index (χ3n) is 1.41. The van der Waals surface area contributed by atoms with E-state index in [1.165, 1.54) is 0 Å². The minimum atomic E-state index is -0.859. The second-order valence-electron chi connectivity index (χ2n) is 2.59. The average molecular weight is 155 g/mol. The maximum atomic E-state index is 10.4. The van der Waals surface area contributed by atoms with Crippen LogP contribution < -0.4 is 0 Å². The van der Waals surface area contributed by atoms with Crippen LogP contribution in [0.4, 0.5) is 0 Å². The maximum Gasteiger partial charge on any atom is 0.140 e. The summed E-state index contributed by atoms with van der Waals surface area (Å²) in [5, 5.41) is 17.0. The van der Waals surface area contributed by atoms with Crippen molar-refractivity contribution in [2.24, 2.45) is 0 Å². The van der Waals surface area contributed by atoms with Gasteiger partial charge in [0.2, 0.25) is 0 Å². The molecule has 0 rings (SSSR count). The SMILES string of the molecule is CC(=O)CCCCC(O)C#N. The summed E-state index contributed by atoms with van der Waals surface area (Å²) in [7, 11) is 0. The zero-order valence-electron chi connectivity index (χ0n) is 6.71. The Bertz CT molecular complexity index is 160. The standard InChI is InChI=1S/C8H13NO2/c1-7(10)4-2-3-5-8(11)6-9/h8,11H,2-5H2,1H3. The van der Waals surface area contributed by atoms with Crippen molar-refractivity contribution in [3.8, 4) is 6.07 Å². The first-order chi connectivity index (χ1) is 5.16. The molecule has 0 radical (unpaired) electrons. The van der Waals surface area contributed by atoms with E-state index in [2.05, 4.69) is 0 Å². The summed E-state index contributed by atoms with van der Waals surface area (Å²) in [6, 6.07) is 1.72. The summed E-state index contributed by atoms with van der Waals surface area (Å²) in [5.41, 5.74) is 0. The molecule has 0 saturated carbocycles. The van der Waals surface area contributed by atoms with Crippen molar-refractivity contribution in [2.75, 3.05) is 0 Å². The molecule has 1 unspecified atom stereocenters. The van der Waals surface area contributed by atoms with E-state index in [1.807, 2.05) is 0 Å². The largest absolute Gasteiger partial charge is 0.378 e. The lowest BCUT2D eigenvalue weighted by Gasteiger charge is -1.99. The number of hydrogen-bond donors (Lipinski definition) is 1. The van der Waals surface area contributed by atoms with Crippen molar-refractivity contribution in [3.63, 3.8) is 0 Å². The molecule has 0 spiro atoms. The number of rotatable bonds is 5. The maximum absolute atomic E-state index is 10.4. The van der Waals surface area contributed by atoms with Crippen molar-refractivity contribution in [1.29, 1.82) is 5.26 Å². The van der Waals surface area contributed by atoms with Gasteiger partial charge in [0.15, 0.2) is 0 Å². The van der Waals surface area contributed by atoms with E-state index < -0.39 is 6.10 Å². The van der Waals surface area contributed by atoms with Gasteiger partial charge in [-0.2, -0.15) is 5.26 Å². The Kier molecular flexibility index (Phi) is 5.40. The number of aliphatic hydroxyl groups excluding tert-OH is 1. The molecule has 1 N–H and O–H groups in total. The van der Waals surface area contributed by atoms with Gasteiger partial charge in [0.05, 0.1) is 6.07 Å². The fourth-order valence-corrected chi connectivity index (χ4v) is 0.776. The number of aliphatic hydroxyl groups is 1. The second-order valence-corrected chi connectivity index (χ2v) is 2.59. The highest BCUT2D eigenvalue weighted by molar-refractivity contribution is 5.75. The smallest absolute Gasteiger partial charge is 0.140 e. The van der Waals surface area contributed by atoms with Gasteiger partial charge in [-0.25, -0.2) is 0 Å². The van der Waals surface area contributed by atoms with Crippen molar-refractivity contribution < 1.29 is 9.90 Å². The molecule has 62 valence electrons. The fourth-order valence-electron chi connectivity index (χ4n) is 0.776. The van der Waals surface area contributed by atoms with Crippen molar-refractivity contribution >= 4 is 5.78 Å². The van der Waals surface area contributed by atoms with E-state index in [1.54, 1.807) is 13.0 Å². The Balaban J connectivity index is 3.16. The van der Waals surface area contributed by atoms with Gasteiger partial charge < -0.3 is 9.90 Å². The topological polar surface area (TPSA) is 61.1 Å². The van der Waals surface area contributed by atoms with Gasteiger partial charge in [-0.05, 0) is 26.2 Å². The minimum Gasteiger partial charge on any atom is -0.378 e. The van der Waals surface area contributed by atoms with Crippen LogP contribution in [-0.2, 0) is 4.79 Å². The van der Waals surface area contributed by atoms with Gasteiger partial charge in [0, 0.05) is 6.42 Å². The van der Waals surface area contributed by atoms with Gasteiger partial charge in [0.25, 0.3) is 0 Å². The van der Waals surface area contributed by atoms with Gasteiger partial charge in [0.1, 0.15) is 11.9 Å². The summed E-state index contributed by atoms with van der Waals surface area (Å²) < 4.78 is 0. The second kappa shape index (κ2) is 5.87.